The van der Waals surface area contributed by atoms with Crippen molar-refractivity contribution < 1.29 is 9.53 Å². The Bertz CT molecular complexity index is 222. The van der Waals surface area contributed by atoms with Gasteiger partial charge in [-0.25, -0.2) is 0 Å². The van der Waals surface area contributed by atoms with Gasteiger partial charge >= 0.3 is 0 Å². The fourth-order valence-corrected chi connectivity index (χ4v) is 1.95. The first-order valence-corrected chi connectivity index (χ1v) is 5.71. The molecule has 0 unspecified atom stereocenters. The molecule has 1 saturated heterocycles. The van der Waals surface area contributed by atoms with E-state index in [9.17, 15) is 4.79 Å². The van der Waals surface area contributed by atoms with Gasteiger partial charge in [0.15, 0.2) is 0 Å². The maximum Gasteiger partial charge on any atom is 0.223 e. The molecule has 15 heavy (non-hydrogen) atoms. The lowest BCUT2D eigenvalue weighted by Crippen LogP contribution is -2.48. The van der Waals surface area contributed by atoms with E-state index in [1.807, 2.05) is 18.7 Å². The summed E-state index contributed by atoms with van der Waals surface area (Å²) in [5.74, 6) is 0.254. The number of amides is 1. The highest BCUT2D eigenvalue weighted by Crippen LogP contribution is 2.21. The van der Waals surface area contributed by atoms with Crippen LogP contribution in [0.5, 0.6) is 0 Å². The van der Waals surface area contributed by atoms with Crippen LogP contribution >= 0.6 is 0 Å². The molecule has 1 rings (SSSR count). The Hall–Kier alpha value is -0.570. The lowest BCUT2D eigenvalue weighted by atomic mass is 9.91. The van der Waals surface area contributed by atoms with Crippen molar-refractivity contribution >= 4 is 5.91 Å². The summed E-state index contributed by atoms with van der Waals surface area (Å²) < 4.78 is 5.60. The molecule has 1 aliphatic heterocycles. The van der Waals surface area contributed by atoms with Crippen LogP contribution in [0.25, 0.3) is 0 Å². The number of hydrogen-bond acceptors (Lipinski definition) is 2. The molecule has 0 saturated carbocycles. The maximum absolute atomic E-state index is 12.0. The summed E-state index contributed by atoms with van der Waals surface area (Å²) in [5.41, 5.74) is 0.0713. The molecule has 1 fully saturated rings. The molecule has 0 aromatic carbocycles. The minimum absolute atomic E-state index is 0.0713. The molecule has 3 nitrogen and oxygen atoms in total. The van der Waals surface area contributed by atoms with Crippen molar-refractivity contribution in [2.24, 2.45) is 5.41 Å². The zero-order chi connectivity index (χ0) is 11.6. The number of ether oxygens (including phenoxy) is 1. The van der Waals surface area contributed by atoms with Crippen molar-refractivity contribution in [2.75, 3.05) is 13.1 Å². The smallest absolute Gasteiger partial charge is 0.223 e. The molecule has 0 aliphatic carbocycles. The Morgan fingerprint density at radius 2 is 1.73 bits per heavy atom. The first-order chi connectivity index (χ1) is 6.78. The normalized spacial score (nSPS) is 27.9. The van der Waals surface area contributed by atoms with E-state index in [0.29, 0.717) is 6.42 Å². The number of carbonyl (C=O) groups is 1. The number of rotatable bonds is 1. The Balaban J connectivity index is 2.52. The lowest BCUT2D eigenvalue weighted by molar-refractivity contribution is -0.145. The molecule has 0 radical (unpaired) electrons. The summed E-state index contributed by atoms with van der Waals surface area (Å²) in [4.78, 5) is 13.9. The zero-order valence-corrected chi connectivity index (χ0v) is 10.5. The predicted octanol–water partition coefficient (Wildman–Crippen LogP) is 2.06. The summed E-state index contributed by atoms with van der Waals surface area (Å²) >= 11 is 0. The highest BCUT2D eigenvalue weighted by atomic mass is 16.5. The Labute approximate surface area is 92.8 Å². The summed E-state index contributed by atoms with van der Waals surface area (Å²) in [6.07, 6.45) is 0.947. The van der Waals surface area contributed by atoms with E-state index in [2.05, 4.69) is 20.8 Å². The Morgan fingerprint density at radius 1 is 1.27 bits per heavy atom. The Kier molecular flexibility index (Phi) is 3.77. The third kappa shape index (κ3) is 4.20. The van der Waals surface area contributed by atoms with E-state index in [-0.39, 0.29) is 23.5 Å². The molecule has 0 N–H and O–H groups in total. The maximum atomic E-state index is 12.0. The lowest BCUT2D eigenvalue weighted by Gasteiger charge is -2.36. The number of morpholine rings is 1. The van der Waals surface area contributed by atoms with Gasteiger partial charge in [-0.1, -0.05) is 20.8 Å². The number of carbonyl (C=O) groups excluding carboxylic acids is 1. The molecular formula is C12H23NO2. The van der Waals surface area contributed by atoms with E-state index in [1.165, 1.54) is 0 Å². The monoisotopic (exact) mass is 213 g/mol. The van der Waals surface area contributed by atoms with E-state index >= 15 is 0 Å². The molecule has 1 heterocycles. The third-order valence-corrected chi connectivity index (χ3v) is 2.45. The molecule has 1 amide bonds. The van der Waals surface area contributed by atoms with Crippen LogP contribution in [0.15, 0.2) is 0 Å². The first-order valence-electron chi connectivity index (χ1n) is 5.71. The Morgan fingerprint density at radius 3 is 2.13 bits per heavy atom. The van der Waals surface area contributed by atoms with Crippen LogP contribution in [0.4, 0.5) is 0 Å². The molecule has 0 bridgehead atoms. The highest BCUT2D eigenvalue weighted by molar-refractivity contribution is 5.77. The summed E-state index contributed by atoms with van der Waals surface area (Å²) in [6, 6.07) is 0. The standard InChI is InChI=1S/C12H23NO2/c1-9-7-13(8-10(2)15-9)11(14)6-12(3,4)5/h9-10H,6-8H2,1-5H3/t9-,10+. The molecule has 0 aromatic heterocycles. The van der Waals surface area contributed by atoms with Crippen LogP contribution in [0.1, 0.15) is 41.0 Å². The topological polar surface area (TPSA) is 29.5 Å². The predicted molar refractivity (Wildman–Crippen MR) is 60.7 cm³/mol. The van der Waals surface area contributed by atoms with Crippen molar-refractivity contribution in [3.8, 4) is 0 Å². The van der Waals surface area contributed by atoms with Gasteiger partial charge in [-0.15, -0.1) is 0 Å². The van der Waals surface area contributed by atoms with Gasteiger partial charge in [0.2, 0.25) is 5.91 Å². The minimum Gasteiger partial charge on any atom is -0.372 e. The summed E-state index contributed by atoms with van der Waals surface area (Å²) in [7, 11) is 0. The van der Waals surface area contributed by atoms with Gasteiger partial charge in [-0.05, 0) is 19.3 Å². The second kappa shape index (κ2) is 4.52. The van der Waals surface area contributed by atoms with E-state index in [0.717, 1.165) is 13.1 Å². The molecule has 3 heteroatoms. The van der Waals surface area contributed by atoms with E-state index in [1.54, 1.807) is 0 Å². The summed E-state index contributed by atoms with van der Waals surface area (Å²) in [5, 5.41) is 0. The van der Waals surface area contributed by atoms with Crippen LogP contribution in [0.2, 0.25) is 0 Å². The van der Waals surface area contributed by atoms with Crippen molar-refractivity contribution in [3.63, 3.8) is 0 Å². The van der Waals surface area contributed by atoms with Crippen molar-refractivity contribution in [1.29, 1.82) is 0 Å². The van der Waals surface area contributed by atoms with E-state index < -0.39 is 0 Å². The van der Waals surface area contributed by atoms with Crippen LogP contribution < -0.4 is 0 Å². The van der Waals surface area contributed by atoms with Crippen LogP contribution in [0.3, 0.4) is 0 Å². The largest absolute Gasteiger partial charge is 0.372 e. The van der Waals surface area contributed by atoms with Crippen LogP contribution in [0, 0.1) is 5.41 Å². The fraction of sp³-hybridized carbons (Fsp3) is 0.917. The third-order valence-electron chi connectivity index (χ3n) is 2.45. The quantitative estimate of drug-likeness (QED) is 0.667. The summed E-state index contributed by atoms with van der Waals surface area (Å²) in [6.45, 7) is 11.8. The van der Waals surface area contributed by atoms with Gasteiger partial charge in [0.1, 0.15) is 0 Å². The van der Waals surface area contributed by atoms with E-state index in [4.69, 9.17) is 4.74 Å². The van der Waals surface area contributed by atoms with Crippen molar-refractivity contribution in [2.45, 2.75) is 53.2 Å². The second-order valence-corrected chi connectivity index (χ2v) is 5.79. The highest BCUT2D eigenvalue weighted by Gasteiger charge is 2.28. The number of nitrogens with zero attached hydrogens (tertiary/aromatic N) is 1. The van der Waals surface area contributed by atoms with Crippen molar-refractivity contribution in [1.82, 2.24) is 4.90 Å². The van der Waals surface area contributed by atoms with Crippen LogP contribution in [-0.2, 0) is 9.53 Å². The molecule has 2 atom stereocenters. The SMILES string of the molecule is C[C@@H]1CN(C(=O)CC(C)(C)C)C[C@H](C)O1. The van der Waals surface area contributed by atoms with Gasteiger partial charge < -0.3 is 9.64 Å². The molecule has 88 valence electrons. The van der Waals surface area contributed by atoms with Gasteiger partial charge in [-0.2, -0.15) is 0 Å². The minimum atomic E-state index is 0.0713. The number of hydrogen-bond donors (Lipinski definition) is 0. The van der Waals surface area contributed by atoms with Crippen molar-refractivity contribution in [3.05, 3.63) is 0 Å². The van der Waals surface area contributed by atoms with Crippen LogP contribution in [-0.4, -0.2) is 36.1 Å². The van der Waals surface area contributed by atoms with Gasteiger partial charge in [0.25, 0.3) is 0 Å². The average molecular weight is 213 g/mol. The molecule has 0 spiro atoms. The van der Waals surface area contributed by atoms with Gasteiger partial charge in [0.05, 0.1) is 12.2 Å². The zero-order valence-electron chi connectivity index (χ0n) is 10.5. The average Bonchev–Trinajstić information content (AvgIpc) is 1.98. The van der Waals surface area contributed by atoms with Gasteiger partial charge in [-0.3, -0.25) is 4.79 Å². The molecule has 0 aromatic rings. The molecular weight excluding hydrogens is 190 g/mol. The second-order valence-electron chi connectivity index (χ2n) is 5.79. The first kappa shape index (κ1) is 12.5. The van der Waals surface area contributed by atoms with Gasteiger partial charge in [0, 0.05) is 19.5 Å². The fourth-order valence-electron chi connectivity index (χ4n) is 1.95. The molecule has 1 aliphatic rings.